The first-order valence-corrected chi connectivity index (χ1v) is 11.2. The van der Waals surface area contributed by atoms with E-state index in [-0.39, 0.29) is 22.0 Å². The molecule has 146 valence electrons. The van der Waals surface area contributed by atoms with Crippen LogP contribution in [0.2, 0.25) is 0 Å². The van der Waals surface area contributed by atoms with Gasteiger partial charge in [-0.25, -0.2) is 17.8 Å². The molecule has 2 aromatic carbocycles. The van der Waals surface area contributed by atoms with E-state index in [4.69, 9.17) is 0 Å². The summed E-state index contributed by atoms with van der Waals surface area (Å²) in [5.74, 6) is -0.827. The molecule has 5 nitrogen and oxygen atoms in total. The van der Waals surface area contributed by atoms with Crippen molar-refractivity contribution in [1.82, 2.24) is 4.98 Å². The molecule has 1 N–H and O–H groups in total. The van der Waals surface area contributed by atoms with Crippen LogP contribution in [0.1, 0.15) is 34.1 Å². The molecule has 0 unspecified atom stereocenters. The molecule has 0 bridgehead atoms. The molecule has 28 heavy (non-hydrogen) atoms. The summed E-state index contributed by atoms with van der Waals surface area (Å²) in [5.41, 5.74) is 1.03. The third-order valence-electron chi connectivity index (χ3n) is 4.01. The van der Waals surface area contributed by atoms with E-state index in [1.165, 1.54) is 35.6 Å². The lowest BCUT2D eigenvalue weighted by molar-refractivity contribution is 0.102. The Hall–Kier alpha value is -2.58. The van der Waals surface area contributed by atoms with Gasteiger partial charge in [0.2, 0.25) is 0 Å². The quantitative estimate of drug-likeness (QED) is 0.620. The van der Waals surface area contributed by atoms with Crippen LogP contribution in [0.5, 0.6) is 0 Å². The molecule has 0 radical (unpaired) electrons. The maximum Gasteiger partial charge on any atom is 0.258 e. The summed E-state index contributed by atoms with van der Waals surface area (Å²) < 4.78 is 37.8. The van der Waals surface area contributed by atoms with Gasteiger partial charge in [-0.05, 0) is 36.2 Å². The minimum Gasteiger partial charge on any atom is -0.298 e. The monoisotopic (exact) mass is 418 g/mol. The van der Waals surface area contributed by atoms with Crippen molar-refractivity contribution in [3.05, 3.63) is 76.5 Å². The first-order valence-electron chi connectivity index (χ1n) is 8.71. The third-order valence-corrected chi connectivity index (χ3v) is 6.89. The lowest BCUT2D eigenvalue weighted by Gasteiger charge is -2.09. The summed E-state index contributed by atoms with van der Waals surface area (Å²) >= 11 is 1.29. The van der Waals surface area contributed by atoms with Gasteiger partial charge in [-0.15, -0.1) is 11.3 Å². The molecule has 0 aliphatic heterocycles. The number of thiazole rings is 1. The zero-order valence-corrected chi connectivity index (χ0v) is 16.8. The first kappa shape index (κ1) is 20.2. The van der Waals surface area contributed by atoms with E-state index in [0.29, 0.717) is 18.0 Å². The van der Waals surface area contributed by atoms with E-state index in [9.17, 15) is 17.6 Å². The van der Waals surface area contributed by atoms with E-state index in [2.05, 4.69) is 10.3 Å². The summed E-state index contributed by atoms with van der Waals surface area (Å²) in [6.07, 6.45) is 2.68. The lowest BCUT2D eigenvalue weighted by atomic mass is 10.1. The van der Waals surface area contributed by atoms with Gasteiger partial charge in [0, 0.05) is 17.5 Å². The fourth-order valence-corrected chi connectivity index (χ4v) is 5.10. The number of anilines is 1. The zero-order valence-electron chi connectivity index (χ0n) is 15.2. The molecule has 0 saturated heterocycles. The van der Waals surface area contributed by atoms with E-state index in [0.717, 1.165) is 10.4 Å². The fraction of sp³-hybridized carbons (Fsp3) is 0.200. The zero-order chi connectivity index (χ0) is 20.1. The number of carbonyl (C=O) groups excluding carboxylic acids is 1. The Morgan fingerprint density at radius 2 is 1.86 bits per heavy atom. The van der Waals surface area contributed by atoms with Crippen LogP contribution in [0.3, 0.4) is 0 Å². The highest BCUT2D eigenvalue weighted by molar-refractivity contribution is 7.91. The molecule has 0 fully saturated rings. The molecule has 1 amide bonds. The molecule has 0 saturated carbocycles. The van der Waals surface area contributed by atoms with Crippen molar-refractivity contribution in [1.29, 1.82) is 0 Å². The fourth-order valence-electron chi connectivity index (χ4n) is 2.72. The number of amides is 1. The van der Waals surface area contributed by atoms with Crippen molar-refractivity contribution in [2.75, 3.05) is 11.1 Å². The van der Waals surface area contributed by atoms with Gasteiger partial charge in [-0.2, -0.15) is 0 Å². The summed E-state index contributed by atoms with van der Waals surface area (Å²) in [6, 6.07) is 12.3. The average molecular weight is 419 g/mol. The molecule has 3 rings (SSSR count). The SMILES string of the molecule is CCCS(=O)(=O)c1ccccc1C(=O)Nc1ncc(Cc2ccc(F)cc2)s1. The number of nitrogens with one attached hydrogen (secondary N) is 1. The number of aromatic nitrogens is 1. The largest absolute Gasteiger partial charge is 0.298 e. The van der Waals surface area contributed by atoms with Crippen molar-refractivity contribution >= 4 is 32.2 Å². The molecule has 1 aromatic heterocycles. The maximum absolute atomic E-state index is 13.0. The van der Waals surface area contributed by atoms with Crippen LogP contribution in [-0.4, -0.2) is 25.1 Å². The molecule has 0 spiro atoms. The van der Waals surface area contributed by atoms with Gasteiger partial charge in [-0.3, -0.25) is 10.1 Å². The number of halogens is 1. The molecule has 0 atom stereocenters. The summed E-state index contributed by atoms with van der Waals surface area (Å²) in [5, 5.41) is 3.05. The topological polar surface area (TPSA) is 76.1 Å². The Morgan fingerprint density at radius 3 is 2.57 bits per heavy atom. The van der Waals surface area contributed by atoms with E-state index >= 15 is 0 Å². The maximum atomic E-state index is 13.0. The van der Waals surface area contributed by atoms with Crippen molar-refractivity contribution in [3.8, 4) is 0 Å². The Balaban J connectivity index is 1.76. The minimum absolute atomic E-state index is 0.0175. The molecular formula is C20H19FN2O3S2. The van der Waals surface area contributed by atoms with Crippen LogP contribution >= 0.6 is 11.3 Å². The van der Waals surface area contributed by atoms with Crippen LogP contribution in [0.4, 0.5) is 9.52 Å². The van der Waals surface area contributed by atoms with E-state index < -0.39 is 15.7 Å². The number of hydrogen-bond acceptors (Lipinski definition) is 5. The molecule has 0 aliphatic rings. The van der Waals surface area contributed by atoms with Gasteiger partial charge < -0.3 is 0 Å². The Bertz CT molecular complexity index is 1080. The van der Waals surface area contributed by atoms with E-state index in [1.54, 1.807) is 37.4 Å². The predicted octanol–water partition coefficient (Wildman–Crippen LogP) is 4.31. The van der Waals surface area contributed by atoms with Gasteiger partial charge >= 0.3 is 0 Å². The second-order valence-corrected chi connectivity index (χ2v) is 9.40. The molecule has 3 aromatic rings. The van der Waals surface area contributed by atoms with Crippen molar-refractivity contribution in [2.45, 2.75) is 24.7 Å². The van der Waals surface area contributed by atoms with E-state index in [1.807, 2.05) is 0 Å². The summed E-state index contributed by atoms with van der Waals surface area (Å²) in [7, 11) is -3.53. The number of sulfone groups is 1. The van der Waals surface area contributed by atoms with Crippen LogP contribution in [0, 0.1) is 5.82 Å². The standard InChI is InChI=1S/C20H19FN2O3S2/c1-2-11-28(25,26)18-6-4-3-5-17(18)19(24)23-20-22-13-16(27-20)12-14-7-9-15(21)10-8-14/h3-10,13H,2,11-12H2,1H3,(H,22,23,24). The Labute approximate surface area is 167 Å². The number of hydrogen-bond donors (Lipinski definition) is 1. The Kier molecular flexibility index (Phi) is 6.21. The second kappa shape index (κ2) is 8.62. The highest BCUT2D eigenvalue weighted by atomic mass is 32.2. The number of carbonyl (C=O) groups is 1. The van der Waals surface area contributed by atoms with Gasteiger partial charge in [0.15, 0.2) is 15.0 Å². The minimum atomic E-state index is -3.53. The van der Waals surface area contributed by atoms with Crippen molar-refractivity contribution in [3.63, 3.8) is 0 Å². The van der Waals surface area contributed by atoms with Crippen LogP contribution < -0.4 is 5.32 Å². The molecule has 8 heteroatoms. The van der Waals surface area contributed by atoms with Crippen LogP contribution in [0.25, 0.3) is 0 Å². The number of nitrogens with zero attached hydrogens (tertiary/aromatic N) is 1. The van der Waals surface area contributed by atoms with Gasteiger partial charge in [0.1, 0.15) is 5.82 Å². The normalized spacial score (nSPS) is 11.4. The summed E-state index contributed by atoms with van der Waals surface area (Å²) in [4.78, 5) is 17.7. The molecule has 0 aliphatic carbocycles. The lowest BCUT2D eigenvalue weighted by Crippen LogP contribution is -2.17. The van der Waals surface area contributed by atoms with Gasteiger partial charge in [-0.1, -0.05) is 31.2 Å². The molecule has 1 heterocycles. The third kappa shape index (κ3) is 4.82. The highest BCUT2D eigenvalue weighted by Crippen LogP contribution is 2.24. The second-order valence-electron chi connectivity index (χ2n) is 6.20. The van der Waals surface area contributed by atoms with Crippen LogP contribution in [0.15, 0.2) is 59.6 Å². The van der Waals surface area contributed by atoms with Crippen LogP contribution in [-0.2, 0) is 16.3 Å². The Morgan fingerprint density at radius 1 is 1.14 bits per heavy atom. The van der Waals surface area contributed by atoms with Crippen molar-refractivity contribution in [2.24, 2.45) is 0 Å². The average Bonchev–Trinajstić information content (AvgIpc) is 3.10. The summed E-state index contributed by atoms with van der Waals surface area (Å²) in [6.45, 7) is 1.78. The van der Waals surface area contributed by atoms with Crippen molar-refractivity contribution < 1.29 is 17.6 Å². The highest BCUT2D eigenvalue weighted by Gasteiger charge is 2.22. The first-order chi connectivity index (χ1) is 13.4. The van der Waals surface area contributed by atoms with Gasteiger partial charge in [0.05, 0.1) is 16.2 Å². The smallest absolute Gasteiger partial charge is 0.258 e. The number of benzene rings is 2. The predicted molar refractivity (Wildman–Crippen MR) is 108 cm³/mol. The van der Waals surface area contributed by atoms with Gasteiger partial charge in [0.25, 0.3) is 5.91 Å². The molecular weight excluding hydrogens is 399 g/mol. The number of rotatable bonds is 7.